The first-order chi connectivity index (χ1) is 12.5. The molecule has 2 aliphatic heterocycles. The van der Waals surface area contributed by atoms with Gasteiger partial charge in [-0.3, -0.25) is 4.79 Å². The van der Waals surface area contributed by atoms with E-state index in [9.17, 15) is 9.59 Å². The van der Waals surface area contributed by atoms with Crippen molar-refractivity contribution in [2.45, 2.75) is 13.5 Å². The Bertz CT molecular complexity index is 1180. The Kier molecular flexibility index (Phi) is 4.18. The summed E-state index contributed by atoms with van der Waals surface area (Å²) in [6.07, 6.45) is 3.45. The van der Waals surface area contributed by atoms with Gasteiger partial charge < -0.3 is 4.57 Å². The van der Waals surface area contributed by atoms with Gasteiger partial charge in [-0.05, 0) is 31.2 Å². The van der Waals surface area contributed by atoms with Gasteiger partial charge in [0, 0.05) is 17.3 Å². The van der Waals surface area contributed by atoms with Gasteiger partial charge in [0.15, 0.2) is 10.3 Å². The van der Waals surface area contributed by atoms with Gasteiger partial charge in [0.05, 0.1) is 17.8 Å². The Morgan fingerprint density at radius 3 is 2.62 bits per heavy atom. The molecule has 1 aromatic carbocycles. The monoisotopic (exact) mass is 384 g/mol. The summed E-state index contributed by atoms with van der Waals surface area (Å²) in [6, 6.07) is 10.6. The Labute approximate surface area is 157 Å². The van der Waals surface area contributed by atoms with Crippen LogP contribution in [0.2, 0.25) is 4.47 Å². The smallest absolute Gasteiger partial charge is 0.327 e. The Morgan fingerprint density at radius 1 is 1.15 bits per heavy atom. The van der Waals surface area contributed by atoms with Crippen LogP contribution in [0.5, 0.6) is 0 Å². The number of hydrogen-bond donors (Lipinski definition) is 0. The lowest BCUT2D eigenvalue weighted by molar-refractivity contribution is 0.759. The van der Waals surface area contributed by atoms with Gasteiger partial charge in [-0.2, -0.15) is 4.98 Å². The van der Waals surface area contributed by atoms with E-state index in [-0.39, 0.29) is 5.56 Å². The molecule has 0 fully saturated rings. The predicted octanol–water partition coefficient (Wildman–Crippen LogP) is 2.97. The van der Waals surface area contributed by atoms with E-state index in [2.05, 4.69) is 9.97 Å². The average Bonchev–Trinajstić information content (AvgIpc) is 3.02. The van der Waals surface area contributed by atoms with Crippen LogP contribution >= 0.6 is 22.9 Å². The third kappa shape index (κ3) is 2.95. The number of halogens is 1. The summed E-state index contributed by atoms with van der Waals surface area (Å²) in [6.45, 7) is 2.38. The first-order valence-corrected chi connectivity index (χ1v) is 9.02. The molecule has 0 saturated carbocycles. The first kappa shape index (κ1) is 16.7. The van der Waals surface area contributed by atoms with E-state index in [1.54, 1.807) is 41.2 Å². The van der Waals surface area contributed by atoms with Crippen molar-refractivity contribution in [2.75, 3.05) is 0 Å². The van der Waals surface area contributed by atoms with Gasteiger partial charge in [0.2, 0.25) is 0 Å². The van der Waals surface area contributed by atoms with E-state index in [1.807, 2.05) is 19.1 Å². The molecule has 0 N–H and O–H groups in total. The number of hydrogen-bond acceptors (Lipinski definition) is 5. The zero-order chi connectivity index (χ0) is 18.3. The van der Waals surface area contributed by atoms with Crippen LogP contribution in [0.3, 0.4) is 0 Å². The highest BCUT2D eigenvalue weighted by atomic mass is 35.5. The second-order valence-corrected chi connectivity index (χ2v) is 7.52. The number of rotatable bonds is 3. The third-order valence-corrected chi connectivity index (χ3v) is 5.11. The number of aromatic nitrogens is 4. The lowest BCUT2D eigenvalue weighted by Gasteiger charge is -2.14. The van der Waals surface area contributed by atoms with Gasteiger partial charge in [-0.15, -0.1) is 11.3 Å². The highest BCUT2D eigenvalue weighted by Crippen LogP contribution is 2.21. The van der Waals surface area contributed by atoms with Crippen LogP contribution in [0.1, 0.15) is 10.4 Å². The fraction of sp³-hybridized carbons (Fsp3) is 0.111. The van der Waals surface area contributed by atoms with Crippen molar-refractivity contribution < 1.29 is 0 Å². The molecule has 26 heavy (non-hydrogen) atoms. The molecule has 130 valence electrons. The van der Waals surface area contributed by atoms with Crippen LogP contribution < -0.4 is 11.2 Å². The van der Waals surface area contributed by atoms with Crippen LogP contribution in [0, 0.1) is 6.92 Å². The van der Waals surface area contributed by atoms with Crippen molar-refractivity contribution in [3.63, 3.8) is 0 Å². The minimum atomic E-state index is -0.603. The molecule has 0 spiro atoms. The van der Waals surface area contributed by atoms with Gasteiger partial charge in [-0.25, -0.2) is 14.3 Å². The van der Waals surface area contributed by atoms with E-state index >= 15 is 0 Å². The van der Waals surface area contributed by atoms with Crippen LogP contribution in [-0.2, 0) is 6.54 Å². The van der Waals surface area contributed by atoms with E-state index in [1.165, 1.54) is 11.3 Å². The zero-order valence-corrected chi connectivity index (χ0v) is 15.3. The van der Waals surface area contributed by atoms with Crippen LogP contribution in [0.15, 0.2) is 58.4 Å². The summed E-state index contributed by atoms with van der Waals surface area (Å²) in [5.74, 6) is 0.343. The molecule has 0 saturated heterocycles. The highest BCUT2D eigenvalue weighted by Gasteiger charge is 2.18. The van der Waals surface area contributed by atoms with Gasteiger partial charge in [0.1, 0.15) is 0 Å². The Balaban J connectivity index is 1.88. The molecule has 0 aliphatic carbocycles. The fourth-order valence-corrected chi connectivity index (χ4v) is 3.73. The van der Waals surface area contributed by atoms with Crippen LogP contribution in [0.4, 0.5) is 0 Å². The summed E-state index contributed by atoms with van der Waals surface area (Å²) >= 11 is 7.22. The summed E-state index contributed by atoms with van der Waals surface area (Å²) in [4.78, 5) is 34.6. The maximum Gasteiger partial charge on any atom is 0.357 e. The molecule has 6 nitrogen and oxygen atoms in total. The second kappa shape index (κ2) is 6.51. The summed E-state index contributed by atoms with van der Waals surface area (Å²) in [5.41, 5.74) is 0.936. The molecule has 0 atom stereocenters. The standard InChI is InChI=1S/C18H13ClN4O2S/c1-11-4-6-12(7-5-11)23-16(24)14-3-2-8-22(15(14)21-18(23)25)10-13-9-20-17(19)26-13/h2-9H,10H2,1H3. The average molecular weight is 385 g/mol. The molecule has 0 amide bonds. The molecule has 1 aromatic heterocycles. The fourth-order valence-electron chi connectivity index (χ4n) is 2.76. The minimum absolute atomic E-state index is 0.343. The Hall–Kier alpha value is -2.77. The SMILES string of the molecule is Cc1ccc(-n2c(=O)nc3n(Cc4cnc(Cl)s4)cccc-3c2=O)cc1. The van der Waals surface area contributed by atoms with Gasteiger partial charge >= 0.3 is 5.69 Å². The van der Waals surface area contributed by atoms with Crippen molar-refractivity contribution in [1.82, 2.24) is 19.1 Å². The number of thiazole rings is 1. The van der Waals surface area contributed by atoms with Crippen molar-refractivity contribution in [3.05, 3.63) is 84.5 Å². The number of pyridine rings is 1. The number of aryl methyl sites for hydroxylation is 1. The molecule has 4 rings (SSSR count). The maximum absolute atomic E-state index is 12.9. The molecule has 3 heterocycles. The number of fused-ring (bicyclic) bond motifs is 1. The summed E-state index contributed by atoms with van der Waals surface area (Å²) in [7, 11) is 0. The largest absolute Gasteiger partial charge is 0.357 e. The molecular formula is C18H13ClN4O2S. The van der Waals surface area contributed by atoms with E-state index < -0.39 is 5.69 Å². The van der Waals surface area contributed by atoms with Crippen molar-refractivity contribution in [1.29, 1.82) is 0 Å². The van der Waals surface area contributed by atoms with Crippen LogP contribution in [-0.4, -0.2) is 19.1 Å². The van der Waals surface area contributed by atoms with Crippen molar-refractivity contribution in [2.24, 2.45) is 0 Å². The lowest BCUT2D eigenvalue weighted by atomic mass is 10.2. The summed E-state index contributed by atoms with van der Waals surface area (Å²) < 4.78 is 3.29. The molecule has 0 unspecified atom stereocenters. The molecule has 0 bridgehead atoms. The lowest BCUT2D eigenvalue weighted by Crippen LogP contribution is -2.36. The van der Waals surface area contributed by atoms with E-state index in [0.717, 1.165) is 15.0 Å². The number of nitrogens with zero attached hydrogens (tertiary/aromatic N) is 4. The zero-order valence-electron chi connectivity index (χ0n) is 13.7. The topological polar surface area (TPSA) is 69.8 Å². The number of benzene rings is 1. The molecular weight excluding hydrogens is 372 g/mol. The maximum atomic E-state index is 12.9. The van der Waals surface area contributed by atoms with Gasteiger partial charge in [0.25, 0.3) is 5.56 Å². The summed E-state index contributed by atoms with van der Waals surface area (Å²) in [5, 5.41) is 0. The van der Waals surface area contributed by atoms with Crippen LogP contribution in [0.25, 0.3) is 17.1 Å². The minimum Gasteiger partial charge on any atom is -0.327 e. The quantitative estimate of drug-likeness (QED) is 0.544. The third-order valence-electron chi connectivity index (χ3n) is 4.01. The second-order valence-electron chi connectivity index (χ2n) is 5.82. The predicted molar refractivity (Wildman–Crippen MR) is 102 cm³/mol. The normalized spacial score (nSPS) is 11.2. The van der Waals surface area contributed by atoms with E-state index in [4.69, 9.17) is 11.6 Å². The van der Waals surface area contributed by atoms with Gasteiger partial charge in [-0.1, -0.05) is 29.3 Å². The van der Waals surface area contributed by atoms with Crippen molar-refractivity contribution >= 4 is 22.9 Å². The first-order valence-electron chi connectivity index (χ1n) is 7.82. The highest BCUT2D eigenvalue weighted by molar-refractivity contribution is 7.15. The molecule has 0 radical (unpaired) electrons. The van der Waals surface area contributed by atoms with Crippen molar-refractivity contribution in [3.8, 4) is 17.1 Å². The van der Waals surface area contributed by atoms with E-state index in [0.29, 0.717) is 28.1 Å². The molecule has 8 heteroatoms. The molecule has 2 aromatic rings. The Morgan fingerprint density at radius 2 is 1.92 bits per heavy atom. The molecule has 2 aliphatic rings.